The van der Waals surface area contributed by atoms with E-state index in [1.165, 1.54) is 6.07 Å². The average Bonchev–Trinajstić information content (AvgIpc) is 2.38. The zero-order valence-electron chi connectivity index (χ0n) is 10.7. The summed E-state index contributed by atoms with van der Waals surface area (Å²) in [6.07, 6.45) is 0.908. The zero-order chi connectivity index (χ0) is 14.8. The Morgan fingerprint density at radius 2 is 1.80 bits per heavy atom. The summed E-state index contributed by atoms with van der Waals surface area (Å²) in [5, 5.41) is 0.178. The van der Waals surface area contributed by atoms with Gasteiger partial charge in [0.15, 0.2) is 0 Å². The number of anilines is 1. The van der Waals surface area contributed by atoms with E-state index in [1.54, 1.807) is 24.3 Å². The monoisotopic (exact) mass is 373 g/mol. The van der Waals surface area contributed by atoms with E-state index in [9.17, 15) is 8.42 Å². The van der Waals surface area contributed by atoms with Crippen molar-refractivity contribution < 1.29 is 8.42 Å². The number of hydrogen-bond donors (Lipinski definition) is 1. The third-order valence-corrected chi connectivity index (χ3v) is 5.16. The molecule has 0 amide bonds. The van der Waals surface area contributed by atoms with E-state index in [-0.39, 0.29) is 9.92 Å². The van der Waals surface area contributed by atoms with Crippen LogP contribution in [0.1, 0.15) is 12.5 Å². The molecule has 0 spiro atoms. The molecule has 20 heavy (non-hydrogen) atoms. The van der Waals surface area contributed by atoms with Crippen LogP contribution in [-0.4, -0.2) is 8.42 Å². The Labute approximate surface area is 132 Å². The molecule has 0 fully saturated rings. The van der Waals surface area contributed by atoms with E-state index in [4.69, 9.17) is 11.6 Å². The summed E-state index contributed by atoms with van der Waals surface area (Å²) in [6.45, 7) is 2.04. The predicted molar refractivity (Wildman–Crippen MR) is 85.8 cm³/mol. The summed E-state index contributed by atoms with van der Waals surface area (Å²) in [6, 6.07) is 11.9. The number of aryl methyl sites for hydroxylation is 1. The number of halogens is 2. The second kappa shape index (κ2) is 6.16. The van der Waals surface area contributed by atoms with Gasteiger partial charge in [0.1, 0.15) is 4.90 Å². The van der Waals surface area contributed by atoms with Crippen molar-refractivity contribution in [1.82, 2.24) is 0 Å². The normalized spacial score (nSPS) is 11.3. The molecule has 0 heterocycles. The van der Waals surface area contributed by atoms with Crippen molar-refractivity contribution in [1.29, 1.82) is 0 Å². The highest BCUT2D eigenvalue weighted by Crippen LogP contribution is 2.27. The standard InChI is InChI=1S/C14H13BrClNO2S/c1-2-10-3-6-12(7-4-10)17-20(18,19)14-8-5-11(15)9-13(14)16/h3-9,17H,2H2,1H3. The van der Waals surface area contributed by atoms with E-state index >= 15 is 0 Å². The molecule has 2 aromatic rings. The van der Waals surface area contributed by atoms with Crippen molar-refractivity contribution in [2.24, 2.45) is 0 Å². The topological polar surface area (TPSA) is 46.2 Å². The zero-order valence-corrected chi connectivity index (χ0v) is 13.9. The van der Waals surface area contributed by atoms with Gasteiger partial charge in [-0.15, -0.1) is 0 Å². The summed E-state index contributed by atoms with van der Waals surface area (Å²) in [7, 11) is -3.68. The van der Waals surface area contributed by atoms with E-state index in [0.29, 0.717) is 5.69 Å². The quantitative estimate of drug-likeness (QED) is 0.858. The van der Waals surface area contributed by atoms with Gasteiger partial charge in [0.05, 0.1) is 5.02 Å². The van der Waals surface area contributed by atoms with Gasteiger partial charge in [0.2, 0.25) is 0 Å². The Bertz CT molecular complexity index is 714. The number of rotatable bonds is 4. The fourth-order valence-electron chi connectivity index (χ4n) is 1.71. The molecule has 0 aromatic heterocycles. The highest BCUT2D eigenvalue weighted by molar-refractivity contribution is 9.10. The number of hydrogen-bond acceptors (Lipinski definition) is 2. The molecule has 6 heteroatoms. The van der Waals surface area contributed by atoms with Gasteiger partial charge in [-0.2, -0.15) is 0 Å². The lowest BCUT2D eigenvalue weighted by Crippen LogP contribution is -2.13. The van der Waals surface area contributed by atoms with Gasteiger partial charge in [0, 0.05) is 10.2 Å². The van der Waals surface area contributed by atoms with Crippen LogP contribution in [0.5, 0.6) is 0 Å². The molecule has 0 radical (unpaired) electrons. The maximum absolute atomic E-state index is 12.3. The van der Waals surface area contributed by atoms with Crippen LogP contribution in [0.2, 0.25) is 5.02 Å². The Morgan fingerprint density at radius 3 is 2.35 bits per heavy atom. The molecule has 3 nitrogen and oxygen atoms in total. The first-order chi connectivity index (χ1) is 9.42. The Balaban J connectivity index is 2.30. The predicted octanol–water partition coefficient (Wildman–Crippen LogP) is 4.47. The Kier molecular flexibility index (Phi) is 4.73. The van der Waals surface area contributed by atoms with Crippen molar-refractivity contribution in [3.8, 4) is 0 Å². The van der Waals surface area contributed by atoms with Gasteiger partial charge in [-0.25, -0.2) is 8.42 Å². The van der Waals surface area contributed by atoms with Gasteiger partial charge in [-0.3, -0.25) is 4.72 Å². The van der Waals surface area contributed by atoms with Crippen molar-refractivity contribution >= 4 is 43.2 Å². The molecule has 0 unspecified atom stereocenters. The molecular formula is C14H13BrClNO2S. The van der Waals surface area contributed by atoms with Crippen molar-refractivity contribution in [3.05, 3.63) is 57.5 Å². The summed E-state index contributed by atoms with van der Waals surface area (Å²) >= 11 is 9.22. The SMILES string of the molecule is CCc1ccc(NS(=O)(=O)c2ccc(Br)cc2Cl)cc1. The largest absolute Gasteiger partial charge is 0.280 e. The van der Waals surface area contributed by atoms with Crippen molar-refractivity contribution in [3.63, 3.8) is 0 Å². The fourth-order valence-corrected chi connectivity index (χ4v) is 3.81. The second-order valence-electron chi connectivity index (χ2n) is 4.23. The van der Waals surface area contributed by atoms with Crippen LogP contribution >= 0.6 is 27.5 Å². The molecule has 0 saturated carbocycles. The molecule has 0 saturated heterocycles. The molecule has 1 N–H and O–H groups in total. The van der Waals surface area contributed by atoms with Crippen LogP contribution in [0, 0.1) is 0 Å². The van der Waals surface area contributed by atoms with Crippen LogP contribution in [-0.2, 0) is 16.4 Å². The van der Waals surface area contributed by atoms with Gasteiger partial charge in [-0.05, 0) is 42.3 Å². The number of sulfonamides is 1. The van der Waals surface area contributed by atoms with E-state index in [0.717, 1.165) is 16.5 Å². The summed E-state index contributed by atoms with van der Waals surface area (Å²) in [4.78, 5) is 0.0573. The minimum atomic E-state index is -3.68. The molecule has 2 rings (SSSR count). The minimum Gasteiger partial charge on any atom is -0.280 e. The van der Waals surface area contributed by atoms with Gasteiger partial charge >= 0.3 is 0 Å². The van der Waals surface area contributed by atoms with Gasteiger partial charge in [0.25, 0.3) is 10.0 Å². The highest BCUT2D eigenvalue weighted by atomic mass is 79.9. The molecule has 0 bridgehead atoms. The lowest BCUT2D eigenvalue weighted by molar-refractivity contribution is 0.601. The van der Waals surface area contributed by atoms with Crippen LogP contribution in [0.25, 0.3) is 0 Å². The number of nitrogens with one attached hydrogen (secondary N) is 1. The maximum Gasteiger partial charge on any atom is 0.263 e. The maximum atomic E-state index is 12.3. The molecule has 0 aliphatic carbocycles. The molecule has 2 aromatic carbocycles. The second-order valence-corrected chi connectivity index (χ2v) is 7.20. The van der Waals surface area contributed by atoms with Crippen molar-refractivity contribution in [2.45, 2.75) is 18.2 Å². The first kappa shape index (κ1) is 15.4. The summed E-state index contributed by atoms with van der Waals surface area (Å²) in [5.41, 5.74) is 1.66. The van der Waals surface area contributed by atoms with Crippen LogP contribution < -0.4 is 4.72 Å². The van der Waals surface area contributed by atoms with Crippen LogP contribution in [0.4, 0.5) is 5.69 Å². The minimum absolute atomic E-state index is 0.0573. The lowest BCUT2D eigenvalue weighted by Gasteiger charge is -2.10. The van der Waals surface area contributed by atoms with Crippen LogP contribution in [0.3, 0.4) is 0 Å². The van der Waals surface area contributed by atoms with E-state index in [2.05, 4.69) is 20.7 Å². The smallest absolute Gasteiger partial charge is 0.263 e. The van der Waals surface area contributed by atoms with E-state index < -0.39 is 10.0 Å². The summed E-state index contributed by atoms with van der Waals surface area (Å²) in [5.74, 6) is 0. The molecule has 0 aliphatic rings. The van der Waals surface area contributed by atoms with Gasteiger partial charge < -0.3 is 0 Å². The third-order valence-electron chi connectivity index (χ3n) is 2.80. The molecule has 0 atom stereocenters. The highest BCUT2D eigenvalue weighted by Gasteiger charge is 2.18. The van der Waals surface area contributed by atoms with E-state index in [1.807, 2.05) is 19.1 Å². The Morgan fingerprint density at radius 1 is 1.15 bits per heavy atom. The fraction of sp³-hybridized carbons (Fsp3) is 0.143. The molecule has 106 valence electrons. The molecule has 0 aliphatic heterocycles. The summed E-state index contributed by atoms with van der Waals surface area (Å²) < 4.78 is 27.8. The average molecular weight is 375 g/mol. The Hall–Kier alpha value is -1.04. The molecular weight excluding hydrogens is 362 g/mol. The lowest BCUT2D eigenvalue weighted by atomic mass is 10.2. The first-order valence-corrected chi connectivity index (χ1v) is 8.64. The van der Waals surface area contributed by atoms with Crippen LogP contribution in [0.15, 0.2) is 51.8 Å². The third kappa shape index (κ3) is 3.53. The van der Waals surface area contributed by atoms with Gasteiger partial charge in [-0.1, -0.05) is 46.6 Å². The van der Waals surface area contributed by atoms with Crippen molar-refractivity contribution in [2.75, 3.05) is 4.72 Å². The number of benzene rings is 2. The first-order valence-electron chi connectivity index (χ1n) is 5.99.